The Hall–Kier alpha value is -3.90. The van der Waals surface area contributed by atoms with E-state index in [1.165, 1.54) is 29.2 Å². The Kier molecular flexibility index (Phi) is 11.6. The Labute approximate surface area is 297 Å². The summed E-state index contributed by atoms with van der Waals surface area (Å²) in [5.41, 5.74) is 3.68. The number of hydrogen-bond donors (Lipinski definition) is 6. The van der Waals surface area contributed by atoms with Crippen LogP contribution in [0.1, 0.15) is 88.9 Å². The number of ketones is 2. The molecule has 3 heterocycles. The fourth-order valence-corrected chi connectivity index (χ4v) is 8.07. The maximum atomic E-state index is 14.7. The van der Waals surface area contributed by atoms with Crippen LogP contribution in [-0.4, -0.2) is 102 Å². The number of nitrogens with zero attached hydrogens (tertiary/aromatic N) is 2. The maximum Gasteiger partial charge on any atom is 0.251 e. The molecule has 0 unspecified atom stereocenters. The molecule has 7 N–H and O–H groups in total. The molecule has 1 saturated carbocycles. The number of aliphatic hydroxyl groups is 1. The lowest BCUT2D eigenvalue weighted by Crippen LogP contribution is -2.63. The number of sulfonamides is 1. The molecule has 3 aliphatic heterocycles. The van der Waals surface area contributed by atoms with Crippen LogP contribution in [0.5, 0.6) is 0 Å². The van der Waals surface area contributed by atoms with Crippen molar-refractivity contribution in [2.24, 2.45) is 11.1 Å². The fourth-order valence-electron chi connectivity index (χ4n) is 7.55. The number of amides is 3. The summed E-state index contributed by atoms with van der Waals surface area (Å²) in [4.78, 5) is 69.4. The van der Waals surface area contributed by atoms with Gasteiger partial charge in [0.05, 0.1) is 16.6 Å². The number of rotatable bonds is 12. The van der Waals surface area contributed by atoms with E-state index in [1.807, 2.05) is 0 Å². The van der Waals surface area contributed by atoms with Crippen LogP contribution in [0.3, 0.4) is 0 Å². The van der Waals surface area contributed by atoms with Gasteiger partial charge in [-0.2, -0.15) is 0 Å². The van der Waals surface area contributed by atoms with Crippen molar-refractivity contribution in [3.05, 3.63) is 41.7 Å². The number of hydrogen-bond acceptors (Lipinski definition) is 12. The SMILES string of the molecule is CC(=O)C(=O)C1(NC(=O)[C@@H]2C[C@H](N3NNC=C3C(C)(C)O)CN2C(=O)[C@@H](CC2CCCCC2)NC(=O)c2ccc(S(N)(=O)=O)cc2)CCOCC1. The summed E-state index contributed by atoms with van der Waals surface area (Å²) < 4.78 is 29.0. The molecule has 0 radical (unpaired) electrons. The Balaban J connectivity index is 1.46. The van der Waals surface area contributed by atoms with Gasteiger partial charge >= 0.3 is 0 Å². The number of hydrazine groups is 2. The number of nitrogens with two attached hydrogens (primary N) is 1. The minimum atomic E-state index is -3.99. The number of nitrogens with one attached hydrogen (secondary N) is 4. The van der Waals surface area contributed by atoms with Crippen LogP contribution >= 0.6 is 0 Å². The second-order valence-electron chi connectivity index (χ2n) is 14.5. The van der Waals surface area contributed by atoms with Crippen LogP contribution in [0.2, 0.25) is 0 Å². The summed E-state index contributed by atoms with van der Waals surface area (Å²) in [5, 5.41) is 23.5. The third-order valence-corrected chi connectivity index (χ3v) is 11.2. The zero-order chi connectivity index (χ0) is 37.1. The van der Waals surface area contributed by atoms with Crippen LogP contribution in [-0.2, 0) is 33.9 Å². The monoisotopic (exact) mass is 731 g/mol. The van der Waals surface area contributed by atoms with Crippen LogP contribution in [0.25, 0.3) is 0 Å². The third-order valence-electron chi connectivity index (χ3n) is 10.3. The van der Waals surface area contributed by atoms with Gasteiger partial charge < -0.3 is 30.8 Å². The number of ether oxygens (including phenoxy) is 1. The molecule has 0 spiro atoms. The number of carbonyl (C=O) groups is 5. The van der Waals surface area contributed by atoms with Gasteiger partial charge in [0.25, 0.3) is 5.91 Å². The Bertz CT molecular complexity index is 1650. The molecule has 2 saturated heterocycles. The molecule has 16 nitrogen and oxygen atoms in total. The van der Waals surface area contributed by atoms with Crippen molar-refractivity contribution in [3.63, 3.8) is 0 Å². The first kappa shape index (κ1) is 38.3. The standard InChI is InChI=1S/C34H49N7O9S/c1-21(42)29(43)34(13-15-50-16-14-34)38-31(45)27-18-24(41-28(19-36-39-41)33(2,3)47)20-40(27)32(46)26(17-22-7-5-4-6-8-22)37-30(44)23-9-11-25(12-10-23)51(35,48)49/h9-12,19,22,24,26-27,36,39,47H,4-8,13-18,20H2,1-3H3,(H,37,44)(H,38,45)(H2,35,48,49)/t24-,26+,27-/m0/s1. The first-order valence-electron chi connectivity index (χ1n) is 17.4. The van der Waals surface area contributed by atoms with Gasteiger partial charge in [-0.15, -0.1) is 5.53 Å². The van der Waals surface area contributed by atoms with E-state index in [-0.39, 0.29) is 55.4 Å². The summed E-state index contributed by atoms with van der Waals surface area (Å²) >= 11 is 0. The van der Waals surface area contributed by atoms with Gasteiger partial charge in [-0.25, -0.2) is 13.6 Å². The van der Waals surface area contributed by atoms with Crippen molar-refractivity contribution < 1.29 is 42.2 Å². The molecule has 3 fully saturated rings. The highest BCUT2D eigenvalue weighted by Gasteiger charge is 2.50. The van der Waals surface area contributed by atoms with E-state index in [4.69, 9.17) is 9.88 Å². The van der Waals surface area contributed by atoms with E-state index in [0.29, 0.717) is 12.1 Å². The lowest BCUT2D eigenvalue weighted by atomic mass is 9.83. The van der Waals surface area contributed by atoms with Crippen LogP contribution in [0.4, 0.5) is 0 Å². The van der Waals surface area contributed by atoms with Crippen molar-refractivity contribution in [3.8, 4) is 0 Å². The topological polar surface area (TPSA) is 230 Å². The fraction of sp³-hybridized carbons (Fsp3) is 0.618. The number of Topliss-reactive ketones (excluding diaryl/α,β-unsaturated/α-hetero) is 2. The number of benzene rings is 1. The van der Waals surface area contributed by atoms with Gasteiger partial charge in [0.15, 0.2) is 5.78 Å². The molecule has 4 aliphatic rings. The molecule has 3 atom stereocenters. The minimum Gasteiger partial charge on any atom is -0.384 e. The molecular formula is C34H49N7O9S. The molecule has 1 aliphatic carbocycles. The molecule has 3 amide bonds. The molecule has 17 heteroatoms. The molecule has 51 heavy (non-hydrogen) atoms. The minimum absolute atomic E-state index is 0.0237. The second-order valence-corrected chi connectivity index (χ2v) is 16.1. The number of carbonyl (C=O) groups excluding carboxylic acids is 5. The number of primary sulfonamides is 1. The van der Waals surface area contributed by atoms with Gasteiger partial charge in [-0.05, 0) is 50.5 Å². The van der Waals surface area contributed by atoms with Crippen molar-refractivity contribution in [2.45, 2.75) is 113 Å². The average Bonchev–Trinajstić information content (AvgIpc) is 3.76. The lowest BCUT2D eigenvalue weighted by Gasteiger charge is -2.38. The maximum absolute atomic E-state index is 14.7. The van der Waals surface area contributed by atoms with Gasteiger partial charge in [-0.1, -0.05) is 32.1 Å². The molecule has 1 aromatic rings. The van der Waals surface area contributed by atoms with Crippen molar-refractivity contribution in [1.82, 2.24) is 31.5 Å². The van der Waals surface area contributed by atoms with E-state index >= 15 is 0 Å². The van der Waals surface area contributed by atoms with Crippen LogP contribution in [0, 0.1) is 5.92 Å². The van der Waals surface area contributed by atoms with Gasteiger partial charge in [-0.3, -0.25) is 29.0 Å². The summed E-state index contributed by atoms with van der Waals surface area (Å²) in [6.07, 6.45) is 6.98. The van der Waals surface area contributed by atoms with E-state index in [1.54, 1.807) is 25.1 Å². The Morgan fingerprint density at radius 2 is 1.73 bits per heavy atom. The Morgan fingerprint density at radius 1 is 1.08 bits per heavy atom. The molecule has 5 rings (SSSR count). The van der Waals surface area contributed by atoms with Crippen molar-refractivity contribution in [2.75, 3.05) is 19.8 Å². The molecule has 280 valence electrons. The zero-order valence-electron chi connectivity index (χ0n) is 29.3. The third kappa shape index (κ3) is 8.77. The van der Waals surface area contributed by atoms with E-state index < -0.39 is 68.6 Å². The quantitative estimate of drug-likeness (QED) is 0.158. The normalized spacial score (nSPS) is 23.2. The highest BCUT2D eigenvalue weighted by molar-refractivity contribution is 7.89. The number of likely N-dealkylation sites (tertiary alicyclic amines) is 1. The first-order chi connectivity index (χ1) is 24.0. The summed E-state index contributed by atoms with van der Waals surface area (Å²) in [6.45, 7) is 4.71. The van der Waals surface area contributed by atoms with Crippen LogP contribution < -0.4 is 26.7 Å². The summed E-state index contributed by atoms with van der Waals surface area (Å²) in [5.74, 6) is -3.03. The Morgan fingerprint density at radius 3 is 2.31 bits per heavy atom. The summed E-state index contributed by atoms with van der Waals surface area (Å²) in [7, 11) is -3.99. The highest BCUT2D eigenvalue weighted by atomic mass is 32.2. The molecular weight excluding hydrogens is 682 g/mol. The van der Waals surface area contributed by atoms with Gasteiger partial charge in [0, 0.05) is 57.7 Å². The van der Waals surface area contributed by atoms with E-state index in [0.717, 1.165) is 39.0 Å². The first-order valence-corrected chi connectivity index (χ1v) is 19.0. The predicted molar refractivity (Wildman–Crippen MR) is 183 cm³/mol. The molecule has 0 aromatic heterocycles. The lowest BCUT2D eigenvalue weighted by molar-refractivity contribution is -0.147. The van der Waals surface area contributed by atoms with E-state index in [2.05, 4.69) is 21.6 Å². The average molecular weight is 732 g/mol. The largest absolute Gasteiger partial charge is 0.384 e. The van der Waals surface area contributed by atoms with E-state index in [9.17, 15) is 37.5 Å². The van der Waals surface area contributed by atoms with Gasteiger partial charge in [0.2, 0.25) is 27.6 Å². The van der Waals surface area contributed by atoms with Crippen molar-refractivity contribution >= 4 is 39.3 Å². The van der Waals surface area contributed by atoms with Crippen molar-refractivity contribution in [1.29, 1.82) is 0 Å². The molecule has 1 aromatic carbocycles. The summed E-state index contributed by atoms with van der Waals surface area (Å²) in [6, 6.07) is 2.39. The second kappa shape index (κ2) is 15.4. The smallest absolute Gasteiger partial charge is 0.251 e. The van der Waals surface area contributed by atoms with Gasteiger partial charge in [0.1, 0.15) is 23.2 Å². The highest BCUT2D eigenvalue weighted by Crippen LogP contribution is 2.33. The zero-order valence-corrected chi connectivity index (χ0v) is 30.1. The predicted octanol–water partition coefficient (Wildman–Crippen LogP) is 0.133. The van der Waals surface area contributed by atoms with Crippen LogP contribution in [0.15, 0.2) is 41.1 Å². The molecule has 0 bridgehead atoms.